The minimum Gasteiger partial charge on any atom is -0.464 e. The monoisotopic (exact) mass is 470 g/mol. The van der Waals surface area contributed by atoms with Gasteiger partial charge in [0, 0.05) is 18.1 Å². The van der Waals surface area contributed by atoms with Crippen LogP contribution in [0.25, 0.3) is 0 Å². The van der Waals surface area contributed by atoms with E-state index < -0.39 is 30.1 Å². The van der Waals surface area contributed by atoms with Crippen LogP contribution in [-0.2, 0) is 36.0 Å². The third-order valence-electron chi connectivity index (χ3n) is 5.08. The molecule has 3 rings (SSSR count). The van der Waals surface area contributed by atoms with Crippen LogP contribution in [0.5, 0.6) is 0 Å². The summed E-state index contributed by atoms with van der Waals surface area (Å²) in [5.74, 6) is -0.150. The Morgan fingerprint density at radius 3 is 2.33 bits per heavy atom. The fourth-order valence-corrected chi connectivity index (χ4v) is 4.31. The Bertz CT molecular complexity index is 910. The molecule has 8 heteroatoms. The Hall–Kier alpha value is -2.84. The molecular weight excluding hydrogens is 440 g/mol. The predicted molar refractivity (Wildman–Crippen MR) is 128 cm³/mol. The molecule has 2 aromatic rings. The average molecular weight is 471 g/mol. The van der Waals surface area contributed by atoms with Gasteiger partial charge in [0.2, 0.25) is 5.91 Å². The minimum absolute atomic E-state index is 0.219. The lowest BCUT2D eigenvalue weighted by Gasteiger charge is -2.18. The van der Waals surface area contributed by atoms with Crippen molar-refractivity contribution in [2.24, 2.45) is 0 Å². The highest BCUT2D eigenvalue weighted by Gasteiger charge is 2.52. The van der Waals surface area contributed by atoms with Gasteiger partial charge in [0.25, 0.3) is 5.91 Å². The Balaban J connectivity index is 1.49. The lowest BCUT2D eigenvalue weighted by atomic mass is 10.1. The summed E-state index contributed by atoms with van der Waals surface area (Å²) in [7, 11) is 0. The van der Waals surface area contributed by atoms with Crippen molar-refractivity contribution in [3.05, 3.63) is 71.8 Å². The standard InChI is InChI=1S/C25H30N2O5S/c1-2-31-25(30)22-21(32-22)24(29)27-20(17-33-16-19-12-7-4-8-13-19)23(28)26-15-9-14-18-10-5-3-6-11-18/h3-8,10-13,20-22H,2,9,14-17H2,1H3,(H,26,28)(H,27,29)/t20-,21-,22-/m0/s1. The summed E-state index contributed by atoms with van der Waals surface area (Å²) in [6, 6.07) is 19.3. The van der Waals surface area contributed by atoms with E-state index in [2.05, 4.69) is 22.8 Å². The smallest absolute Gasteiger partial charge is 0.338 e. The van der Waals surface area contributed by atoms with Gasteiger partial charge in [-0.25, -0.2) is 4.79 Å². The molecule has 1 aliphatic heterocycles. The molecule has 176 valence electrons. The van der Waals surface area contributed by atoms with E-state index in [1.165, 1.54) is 5.56 Å². The van der Waals surface area contributed by atoms with Crippen LogP contribution in [0.4, 0.5) is 0 Å². The van der Waals surface area contributed by atoms with Crippen molar-refractivity contribution in [2.75, 3.05) is 18.9 Å². The summed E-state index contributed by atoms with van der Waals surface area (Å²) in [5, 5.41) is 5.67. The molecule has 0 aromatic heterocycles. The molecule has 33 heavy (non-hydrogen) atoms. The zero-order valence-electron chi connectivity index (χ0n) is 18.7. The number of carbonyl (C=O) groups is 3. The summed E-state index contributed by atoms with van der Waals surface area (Å²) in [5.41, 5.74) is 2.36. The van der Waals surface area contributed by atoms with Crippen molar-refractivity contribution in [2.45, 2.75) is 43.8 Å². The fourth-order valence-electron chi connectivity index (χ4n) is 3.29. The summed E-state index contributed by atoms with van der Waals surface area (Å²) in [4.78, 5) is 37.1. The summed E-state index contributed by atoms with van der Waals surface area (Å²) < 4.78 is 10.1. The molecule has 0 radical (unpaired) electrons. The lowest BCUT2D eigenvalue weighted by Crippen LogP contribution is -2.50. The first kappa shape index (κ1) is 24.8. The van der Waals surface area contributed by atoms with Crippen molar-refractivity contribution in [1.82, 2.24) is 10.6 Å². The van der Waals surface area contributed by atoms with Crippen LogP contribution in [0.3, 0.4) is 0 Å². The number of thioether (sulfide) groups is 1. The minimum atomic E-state index is -0.906. The number of nitrogens with one attached hydrogen (secondary N) is 2. The molecule has 2 N–H and O–H groups in total. The van der Waals surface area contributed by atoms with Crippen LogP contribution in [0.2, 0.25) is 0 Å². The predicted octanol–water partition coefficient (Wildman–Crippen LogP) is 2.48. The molecule has 1 saturated heterocycles. The number of ether oxygens (including phenoxy) is 2. The van der Waals surface area contributed by atoms with Crippen LogP contribution in [0, 0.1) is 0 Å². The maximum atomic E-state index is 12.8. The van der Waals surface area contributed by atoms with Crippen LogP contribution in [0.1, 0.15) is 24.5 Å². The average Bonchev–Trinajstić information content (AvgIpc) is 3.64. The van der Waals surface area contributed by atoms with E-state index in [0.29, 0.717) is 12.3 Å². The van der Waals surface area contributed by atoms with Gasteiger partial charge in [0.1, 0.15) is 6.04 Å². The summed E-state index contributed by atoms with van der Waals surface area (Å²) in [6.07, 6.45) is -0.143. The summed E-state index contributed by atoms with van der Waals surface area (Å²) >= 11 is 1.56. The first-order valence-electron chi connectivity index (χ1n) is 11.1. The number of amides is 2. The molecule has 7 nitrogen and oxygen atoms in total. The van der Waals surface area contributed by atoms with Gasteiger partial charge >= 0.3 is 5.97 Å². The molecule has 0 spiro atoms. The highest BCUT2D eigenvalue weighted by molar-refractivity contribution is 7.98. The zero-order valence-corrected chi connectivity index (χ0v) is 19.5. The highest BCUT2D eigenvalue weighted by Crippen LogP contribution is 2.24. The van der Waals surface area contributed by atoms with Crippen LogP contribution >= 0.6 is 11.8 Å². The molecule has 1 heterocycles. The third-order valence-corrected chi connectivity index (χ3v) is 6.19. The lowest BCUT2D eigenvalue weighted by molar-refractivity contribution is -0.144. The number of hydrogen-bond donors (Lipinski definition) is 2. The normalized spacial score (nSPS) is 17.6. The first-order chi connectivity index (χ1) is 16.1. The molecule has 0 unspecified atom stereocenters. The van der Waals surface area contributed by atoms with Gasteiger partial charge in [-0.3, -0.25) is 9.59 Å². The van der Waals surface area contributed by atoms with Crippen LogP contribution in [0.15, 0.2) is 60.7 Å². The number of hydrogen-bond acceptors (Lipinski definition) is 6. The molecule has 0 aliphatic carbocycles. The molecule has 0 bridgehead atoms. The molecule has 2 amide bonds. The van der Waals surface area contributed by atoms with Crippen LogP contribution < -0.4 is 10.6 Å². The largest absolute Gasteiger partial charge is 0.464 e. The molecule has 1 aliphatic rings. The number of carbonyl (C=O) groups excluding carboxylic acids is 3. The molecule has 3 atom stereocenters. The van der Waals surface area contributed by atoms with E-state index in [0.717, 1.165) is 24.2 Å². The number of aryl methyl sites for hydroxylation is 1. The Morgan fingerprint density at radius 1 is 1.00 bits per heavy atom. The van der Waals surface area contributed by atoms with Crippen molar-refractivity contribution in [1.29, 1.82) is 0 Å². The Labute approximate surface area is 198 Å². The number of rotatable bonds is 13. The van der Waals surface area contributed by atoms with Gasteiger partial charge < -0.3 is 20.1 Å². The molecule has 0 saturated carbocycles. The number of epoxide rings is 1. The van der Waals surface area contributed by atoms with Gasteiger partial charge in [-0.15, -0.1) is 0 Å². The molecular formula is C25H30N2O5S. The Morgan fingerprint density at radius 2 is 1.67 bits per heavy atom. The second-order valence-electron chi connectivity index (χ2n) is 7.67. The van der Waals surface area contributed by atoms with Crippen molar-refractivity contribution >= 4 is 29.5 Å². The van der Waals surface area contributed by atoms with E-state index in [1.54, 1.807) is 18.7 Å². The number of esters is 1. The highest BCUT2D eigenvalue weighted by atomic mass is 32.2. The van der Waals surface area contributed by atoms with E-state index in [-0.39, 0.29) is 12.5 Å². The van der Waals surface area contributed by atoms with Gasteiger partial charge in [0.05, 0.1) is 6.61 Å². The summed E-state index contributed by atoms with van der Waals surface area (Å²) in [6.45, 7) is 2.42. The Kier molecular flexibility index (Phi) is 9.77. The fraction of sp³-hybridized carbons (Fsp3) is 0.400. The SMILES string of the molecule is CCOC(=O)[C@H]1O[C@@H]1C(=O)N[C@@H](CSCc1ccccc1)C(=O)NCCCc1ccccc1. The van der Waals surface area contributed by atoms with Crippen molar-refractivity contribution < 1.29 is 23.9 Å². The van der Waals surface area contributed by atoms with Gasteiger partial charge in [-0.2, -0.15) is 11.8 Å². The van der Waals surface area contributed by atoms with Gasteiger partial charge in [-0.05, 0) is 30.9 Å². The maximum absolute atomic E-state index is 12.8. The third kappa shape index (κ3) is 8.22. The van der Waals surface area contributed by atoms with Crippen LogP contribution in [-0.4, -0.2) is 54.9 Å². The molecule has 2 aromatic carbocycles. The molecule has 1 fully saturated rings. The van der Waals surface area contributed by atoms with Gasteiger partial charge in [0.15, 0.2) is 12.2 Å². The zero-order chi connectivity index (χ0) is 23.5. The second kappa shape index (κ2) is 13.0. The second-order valence-corrected chi connectivity index (χ2v) is 8.70. The van der Waals surface area contributed by atoms with E-state index in [4.69, 9.17) is 9.47 Å². The van der Waals surface area contributed by atoms with E-state index >= 15 is 0 Å². The van der Waals surface area contributed by atoms with Gasteiger partial charge in [-0.1, -0.05) is 60.7 Å². The van der Waals surface area contributed by atoms with Crippen molar-refractivity contribution in [3.63, 3.8) is 0 Å². The quantitative estimate of drug-likeness (QED) is 0.265. The van der Waals surface area contributed by atoms with E-state index in [9.17, 15) is 14.4 Å². The maximum Gasteiger partial charge on any atom is 0.338 e. The first-order valence-corrected chi connectivity index (χ1v) is 12.3. The van der Waals surface area contributed by atoms with Crippen molar-refractivity contribution in [3.8, 4) is 0 Å². The number of benzene rings is 2. The topological polar surface area (TPSA) is 97.0 Å². The van der Waals surface area contributed by atoms with E-state index in [1.807, 2.05) is 48.5 Å².